The maximum Gasteiger partial charge on any atom is 0.233 e. The molecule has 156 valence electrons. The van der Waals surface area contributed by atoms with Gasteiger partial charge >= 0.3 is 0 Å². The summed E-state index contributed by atoms with van der Waals surface area (Å²) in [5.41, 5.74) is 1.72. The van der Waals surface area contributed by atoms with Crippen LogP contribution < -0.4 is 9.64 Å². The highest BCUT2D eigenvalue weighted by atomic mass is 35.5. The van der Waals surface area contributed by atoms with E-state index in [0.29, 0.717) is 27.0 Å². The Bertz CT molecular complexity index is 882. The van der Waals surface area contributed by atoms with E-state index in [1.807, 2.05) is 13.0 Å². The fraction of sp³-hybridized carbons (Fsp3) is 0.550. The van der Waals surface area contributed by atoms with Gasteiger partial charge in [0.2, 0.25) is 5.88 Å². The van der Waals surface area contributed by atoms with Gasteiger partial charge in [0, 0.05) is 30.8 Å². The fourth-order valence-electron chi connectivity index (χ4n) is 3.95. The minimum Gasteiger partial charge on any atom is -0.480 e. The molecule has 0 aliphatic carbocycles. The van der Waals surface area contributed by atoms with Crippen LogP contribution in [0.3, 0.4) is 0 Å². The molecule has 0 unspecified atom stereocenters. The van der Waals surface area contributed by atoms with Crippen LogP contribution in [0.15, 0.2) is 22.2 Å². The third-order valence-electron chi connectivity index (χ3n) is 5.76. The van der Waals surface area contributed by atoms with Crippen LogP contribution in [0.5, 0.6) is 5.88 Å². The van der Waals surface area contributed by atoms with Crippen LogP contribution in [0, 0.1) is 12.3 Å². The van der Waals surface area contributed by atoms with Crippen molar-refractivity contribution in [1.82, 2.24) is 15.0 Å². The zero-order valence-electron chi connectivity index (χ0n) is 16.7. The summed E-state index contributed by atoms with van der Waals surface area (Å²) in [4.78, 5) is 16.7. The molecule has 2 saturated heterocycles. The summed E-state index contributed by atoms with van der Waals surface area (Å²) in [5, 5.41) is 11.1. The van der Waals surface area contributed by atoms with Crippen molar-refractivity contribution >= 4 is 29.2 Å². The molecule has 4 heterocycles. The maximum atomic E-state index is 9.96. The molecule has 9 heteroatoms. The number of ether oxygens (including phenoxy) is 2. The minimum atomic E-state index is -0.158. The summed E-state index contributed by atoms with van der Waals surface area (Å²) in [6.45, 7) is 5.32. The molecule has 0 amide bonds. The Labute approximate surface area is 179 Å². The van der Waals surface area contributed by atoms with Gasteiger partial charge in [0.15, 0.2) is 5.82 Å². The molecule has 29 heavy (non-hydrogen) atoms. The zero-order chi connectivity index (χ0) is 20.4. The Hall–Kier alpha value is -1.61. The lowest BCUT2D eigenvalue weighted by molar-refractivity contribution is 0.133. The predicted molar refractivity (Wildman–Crippen MR) is 112 cm³/mol. The molecule has 0 bridgehead atoms. The number of halogens is 1. The highest BCUT2D eigenvalue weighted by molar-refractivity contribution is 7.99. The first kappa shape index (κ1) is 20.7. The molecular formula is C20H25ClN4O3S. The summed E-state index contributed by atoms with van der Waals surface area (Å²) in [6.07, 6.45) is 4.96. The molecule has 2 fully saturated rings. The highest BCUT2D eigenvalue weighted by Gasteiger charge is 2.38. The van der Waals surface area contributed by atoms with E-state index in [2.05, 4.69) is 9.88 Å². The molecule has 1 N–H and O–H groups in total. The first-order chi connectivity index (χ1) is 14.0. The van der Waals surface area contributed by atoms with Gasteiger partial charge in [-0.1, -0.05) is 23.4 Å². The maximum absolute atomic E-state index is 9.96. The standard InChI is InChI=1S/C20H25ClN4O3S/c1-13-19(29-15-3-7-22-18(27-2)16(15)21)24-14(11-26)17(23-13)25-8-4-20(5-9-25)6-10-28-12-20/h3,7,26H,4-6,8-12H2,1-2H3. The average Bonchev–Trinajstić information content (AvgIpc) is 3.19. The number of piperidine rings is 1. The second-order valence-corrected chi connectivity index (χ2v) is 8.98. The molecule has 2 aliphatic rings. The fourth-order valence-corrected chi connectivity index (χ4v) is 5.12. The summed E-state index contributed by atoms with van der Waals surface area (Å²) in [6, 6.07) is 1.82. The number of methoxy groups -OCH3 is 1. The Morgan fingerprint density at radius 1 is 1.31 bits per heavy atom. The number of nitrogens with zero attached hydrogens (tertiary/aromatic N) is 4. The van der Waals surface area contributed by atoms with Crippen molar-refractivity contribution < 1.29 is 14.6 Å². The Kier molecular flexibility index (Phi) is 6.15. The Morgan fingerprint density at radius 2 is 2.10 bits per heavy atom. The first-order valence-corrected chi connectivity index (χ1v) is 10.9. The van der Waals surface area contributed by atoms with Gasteiger partial charge in [-0.25, -0.2) is 15.0 Å². The molecule has 0 radical (unpaired) electrons. The van der Waals surface area contributed by atoms with Crippen molar-refractivity contribution in [3.8, 4) is 5.88 Å². The number of hydrogen-bond donors (Lipinski definition) is 1. The molecule has 0 atom stereocenters. The van der Waals surface area contributed by atoms with E-state index in [4.69, 9.17) is 31.0 Å². The van der Waals surface area contributed by atoms with Crippen LogP contribution in [0.1, 0.15) is 30.7 Å². The van der Waals surface area contributed by atoms with Gasteiger partial charge in [0.05, 0.1) is 26.0 Å². The lowest BCUT2D eigenvalue weighted by Crippen LogP contribution is -2.41. The van der Waals surface area contributed by atoms with E-state index in [-0.39, 0.29) is 6.61 Å². The second kappa shape index (κ2) is 8.63. The number of aliphatic hydroxyl groups excluding tert-OH is 1. The number of aryl methyl sites for hydroxylation is 1. The van der Waals surface area contributed by atoms with Crippen LogP contribution in [0.4, 0.5) is 5.82 Å². The zero-order valence-corrected chi connectivity index (χ0v) is 18.2. The van der Waals surface area contributed by atoms with Crippen molar-refractivity contribution in [3.05, 3.63) is 28.7 Å². The van der Waals surface area contributed by atoms with E-state index < -0.39 is 0 Å². The third kappa shape index (κ3) is 4.17. The van der Waals surface area contributed by atoms with Gasteiger partial charge in [-0.15, -0.1) is 0 Å². The number of hydrogen-bond acceptors (Lipinski definition) is 8. The number of aliphatic hydroxyl groups is 1. The normalized spacial score (nSPS) is 18.4. The monoisotopic (exact) mass is 436 g/mol. The van der Waals surface area contributed by atoms with Crippen molar-refractivity contribution in [2.24, 2.45) is 5.41 Å². The topological polar surface area (TPSA) is 80.6 Å². The van der Waals surface area contributed by atoms with Crippen LogP contribution in [-0.2, 0) is 11.3 Å². The van der Waals surface area contributed by atoms with Crippen molar-refractivity contribution in [3.63, 3.8) is 0 Å². The lowest BCUT2D eigenvalue weighted by Gasteiger charge is -2.39. The largest absolute Gasteiger partial charge is 0.480 e. The molecule has 7 nitrogen and oxygen atoms in total. The van der Waals surface area contributed by atoms with E-state index in [9.17, 15) is 5.11 Å². The highest BCUT2D eigenvalue weighted by Crippen LogP contribution is 2.41. The van der Waals surface area contributed by atoms with E-state index in [1.54, 1.807) is 6.20 Å². The van der Waals surface area contributed by atoms with Crippen molar-refractivity contribution in [1.29, 1.82) is 0 Å². The Balaban J connectivity index is 1.56. The SMILES string of the molecule is COc1nccc(Sc2nc(CO)c(N3CCC4(CCOC4)CC3)nc2C)c1Cl. The Morgan fingerprint density at radius 3 is 2.76 bits per heavy atom. The van der Waals surface area contributed by atoms with Crippen LogP contribution in [0.2, 0.25) is 5.02 Å². The third-order valence-corrected chi connectivity index (χ3v) is 7.38. The number of anilines is 1. The molecule has 4 rings (SSSR count). The smallest absolute Gasteiger partial charge is 0.233 e. The summed E-state index contributed by atoms with van der Waals surface area (Å²) >= 11 is 7.77. The van der Waals surface area contributed by atoms with Crippen molar-refractivity contribution in [2.75, 3.05) is 38.3 Å². The molecule has 2 aliphatic heterocycles. The lowest BCUT2D eigenvalue weighted by atomic mass is 9.78. The number of aromatic nitrogens is 3. The predicted octanol–water partition coefficient (Wildman–Crippen LogP) is 3.49. The molecule has 2 aromatic rings. The second-order valence-electron chi connectivity index (χ2n) is 7.57. The van der Waals surface area contributed by atoms with Crippen LogP contribution >= 0.6 is 23.4 Å². The van der Waals surface area contributed by atoms with Gasteiger partial charge in [-0.3, -0.25) is 0 Å². The van der Waals surface area contributed by atoms with Gasteiger partial charge < -0.3 is 19.5 Å². The van der Waals surface area contributed by atoms with Gasteiger partial charge in [0.25, 0.3) is 0 Å². The summed E-state index contributed by atoms with van der Waals surface area (Å²) in [5.74, 6) is 1.15. The van der Waals surface area contributed by atoms with Gasteiger partial charge in [-0.05, 0) is 37.7 Å². The van der Waals surface area contributed by atoms with E-state index in [0.717, 1.165) is 62.0 Å². The number of pyridine rings is 1. The van der Waals surface area contributed by atoms with Gasteiger partial charge in [0.1, 0.15) is 15.7 Å². The molecule has 0 aromatic carbocycles. The van der Waals surface area contributed by atoms with E-state index in [1.165, 1.54) is 18.9 Å². The van der Waals surface area contributed by atoms with Crippen LogP contribution in [-0.4, -0.2) is 53.5 Å². The first-order valence-electron chi connectivity index (χ1n) is 9.73. The molecule has 2 aromatic heterocycles. The molecule has 1 spiro atoms. The van der Waals surface area contributed by atoms with Gasteiger partial charge in [-0.2, -0.15) is 0 Å². The summed E-state index contributed by atoms with van der Waals surface area (Å²) in [7, 11) is 1.53. The molecular weight excluding hydrogens is 412 g/mol. The minimum absolute atomic E-state index is 0.158. The number of rotatable bonds is 5. The summed E-state index contributed by atoms with van der Waals surface area (Å²) < 4.78 is 10.8. The average molecular weight is 437 g/mol. The van der Waals surface area contributed by atoms with Crippen LogP contribution in [0.25, 0.3) is 0 Å². The van der Waals surface area contributed by atoms with Crippen molar-refractivity contribution in [2.45, 2.75) is 42.7 Å². The van der Waals surface area contributed by atoms with E-state index >= 15 is 0 Å². The quantitative estimate of drug-likeness (QED) is 0.762. The molecule has 0 saturated carbocycles.